The van der Waals surface area contributed by atoms with Gasteiger partial charge in [-0.2, -0.15) is 5.26 Å². The zero-order valence-electron chi connectivity index (χ0n) is 12.6. The Morgan fingerprint density at radius 3 is 2.67 bits per heavy atom. The van der Waals surface area contributed by atoms with Crippen molar-refractivity contribution < 1.29 is 9.90 Å². The molecule has 2 rings (SSSR count). The Bertz CT molecular complexity index is 569. The van der Waals surface area contributed by atoms with Crippen molar-refractivity contribution in [2.45, 2.75) is 39.5 Å². The number of hydrogen-bond acceptors (Lipinski definition) is 4. The van der Waals surface area contributed by atoms with E-state index in [-0.39, 0.29) is 0 Å². The van der Waals surface area contributed by atoms with E-state index in [1.54, 1.807) is 6.07 Å². The van der Waals surface area contributed by atoms with Crippen LogP contribution in [0.3, 0.4) is 0 Å². The van der Waals surface area contributed by atoms with E-state index in [4.69, 9.17) is 0 Å². The molecule has 21 heavy (non-hydrogen) atoms. The van der Waals surface area contributed by atoms with Crippen LogP contribution >= 0.6 is 0 Å². The molecule has 0 amide bonds. The molecular formula is C16H21N3O2. The van der Waals surface area contributed by atoms with Gasteiger partial charge in [0.25, 0.3) is 0 Å². The number of carboxylic acids is 1. The van der Waals surface area contributed by atoms with Gasteiger partial charge in [0.05, 0.1) is 11.0 Å². The highest BCUT2D eigenvalue weighted by Gasteiger charge is 2.41. The van der Waals surface area contributed by atoms with Gasteiger partial charge in [-0.3, -0.25) is 4.79 Å². The molecule has 0 unspecified atom stereocenters. The van der Waals surface area contributed by atoms with E-state index in [1.165, 1.54) is 0 Å². The third-order valence-electron chi connectivity index (χ3n) is 4.34. The standard InChI is InChI=1S/C16H21N3O2/c1-3-6-16(15(20)21)7-9-19(10-8-16)14-13(11-17)5-4-12(2)18-14/h4-5H,3,6-10H2,1-2H3,(H,20,21). The van der Waals surface area contributed by atoms with E-state index in [2.05, 4.69) is 11.1 Å². The molecule has 0 aliphatic carbocycles. The van der Waals surface area contributed by atoms with E-state index in [1.807, 2.05) is 24.8 Å². The molecule has 0 saturated carbocycles. The lowest BCUT2D eigenvalue weighted by molar-refractivity contribution is -0.150. The van der Waals surface area contributed by atoms with E-state index in [0.29, 0.717) is 43.7 Å². The molecule has 1 aliphatic heterocycles. The highest BCUT2D eigenvalue weighted by atomic mass is 16.4. The summed E-state index contributed by atoms with van der Waals surface area (Å²) in [6.07, 6.45) is 2.80. The predicted octanol–water partition coefficient (Wildman–Crippen LogP) is 2.73. The molecule has 0 spiro atoms. The maximum atomic E-state index is 11.6. The first-order valence-electron chi connectivity index (χ1n) is 7.38. The Morgan fingerprint density at radius 2 is 2.14 bits per heavy atom. The lowest BCUT2D eigenvalue weighted by Gasteiger charge is -2.39. The summed E-state index contributed by atoms with van der Waals surface area (Å²) in [6, 6.07) is 5.77. The molecule has 0 radical (unpaired) electrons. The summed E-state index contributed by atoms with van der Waals surface area (Å²) < 4.78 is 0. The average molecular weight is 287 g/mol. The quantitative estimate of drug-likeness (QED) is 0.921. The molecule has 1 aliphatic rings. The van der Waals surface area contributed by atoms with Crippen molar-refractivity contribution >= 4 is 11.8 Å². The SMILES string of the molecule is CCCC1(C(=O)O)CCN(c2nc(C)ccc2C#N)CC1. The predicted molar refractivity (Wildman–Crippen MR) is 80.1 cm³/mol. The highest BCUT2D eigenvalue weighted by molar-refractivity contribution is 5.75. The maximum Gasteiger partial charge on any atom is 0.309 e. The number of nitrogens with zero attached hydrogens (tertiary/aromatic N) is 3. The fraction of sp³-hybridized carbons (Fsp3) is 0.562. The number of carbonyl (C=O) groups is 1. The number of nitriles is 1. The number of aryl methyl sites for hydroxylation is 1. The van der Waals surface area contributed by atoms with Crippen LogP contribution < -0.4 is 4.90 Å². The second-order valence-corrected chi connectivity index (χ2v) is 5.76. The van der Waals surface area contributed by atoms with Crippen molar-refractivity contribution in [3.8, 4) is 6.07 Å². The molecule has 0 aromatic carbocycles. The van der Waals surface area contributed by atoms with Crippen molar-refractivity contribution in [2.24, 2.45) is 5.41 Å². The topological polar surface area (TPSA) is 77.2 Å². The number of anilines is 1. The lowest BCUT2D eigenvalue weighted by Crippen LogP contribution is -2.45. The fourth-order valence-corrected chi connectivity index (χ4v) is 3.07. The van der Waals surface area contributed by atoms with Crippen molar-refractivity contribution in [3.63, 3.8) is 0 Å². The fourth-order valence-electron chi connectivity index (χ4n) is 3.07. The van der Waals surface area contributed by atoms with Crippen LogP contribution in [-0.4, -0.2) is 29.1 Å². The van der Waals surface area contributed by atoms with Gasteiger partial charge in [0.1, 0.15) is 11.9 Å². The minimum Gasteiger partial charge on any atom is -0.481 e. The lowest BCUT2D eigenvalue weighted by atomic mass is 9.75. The number of aromatic nitrogens is 1. The van der Waals surface area contributed by atoms with Crippen LogP contribution in [0.25, 0.3) is 0 Å². The molecule has 1 aromatic rings. The average Bonchev–Trinajstić information content (AvgIpc) is 2.48. The van der Waals surface area contributed by atoms with Gasteiger partial charge < -0.3 is 10.0 Å². The maximum absolute atomic E-state index is 11.6. The smallest absolute Gasteiger partial charge is 0.309 e. The van der Waals surface area contributed by atoms with E-state index < -0.39 is 11.4 Å². The van der Waals surface area contributed by atoms with Gasteiger partial charge in [-0.15, -0.1) is 0 Å². The number of aliphatic carboxylic acids is 1. The van der Waals surface area contributed by atoms with Crippen LogP contribution in [0.2, 0.25) is 0 Å². The van der Waals surface area contributed by atoms with Gasteiger partial charge in [0.2, 0.25) is 0 Å². The van der Waals surface area contributed by atoms with Crippen molar-refractivity contribution in [1.29, 1.82) is 5.26 Å². The van der Waals surface area contributed by atoms with Crippen LogP contribution in [0.1, 0.15) is 43.9 Å². The molecule has 1 aromatic heterocycles. The summed E-state index contributed by atoms with van der Waals surface area (Å²) in [5.74, 6) is -0.00491. The summed E-state index contributed by atoms with van der Waals surface area (Å²) in [5.41, 5.74) is 0.813. The van der Waals surface area contributed by atoms with E-state index in [0.717, 1.165) is 12.1 Å². The molecule has 0 atom stereocenters. The first-order chi connectivity index (χ1) is 10.0. The Balaban J connectivity index is 2.19. The number of rotatable bonds is 4. The van der Waals surface area contributed by atoms with Crippen LogP contribution in [0.15, 0.2) is 12.1 Å². The number of carboxylic acid groups (broad SMARTS) is 1. The van der Waals surface area contributed by atoms with Crippen LogP contribution in [0.4, 0.5) is 5.82 Å². The second kappa shape index (κ2) is 6.13. The van der Waals surface area contributed by atoms with Crippen molar-refractivity contribution in [3.05, 3.63) is 23.4 Å². The summed E-state index contributed by atoms with van der Waals surface area (Å²) in [6.45, 7) is 5.19. The van der Waals surface area contributed by atoms with Crippen LogP contribution in [-0.2, 0) is 4.79 Å². The third kappa shape index (κ3) is 2.99. The van der Waals surface area contributed by atoms with Crippen molar-refractivity contribution in [1.82, 2.24) is 4.98 Å². The van der Waals surface area contributed by atoms with Gasteiger partial charge in [-0.05, 0) is 38.3 Å². The number of piperidine rings is 1. The molecule has 1 fully saturated rings. The summed E-state index contributed by atoms with van der Waals surface area (Å²) in [5, 5.41) is 18.7. The van der Waals surface area contributed by atoms with Gasteiger partial charge in [0, 0.05) is 18.8 Å². The Labute approximate surface area is 125 Å². The molecule has 1 saturated heterocycles. The van der Waals surface area contributed by atoms with Crippen LogP contribution in [0.5, 0.6) is 0 Å². The first-order valence-corrected chi connectivity index (χ1v) is 7.38. The minimum absolute atomic E-state index is 0.555. The molecule has 5 nitrogen and oxygen atoms in total. The Hall–Kier alpha value is -2.09. The number of hydrogen-bond donors (Lipinski definition) is 1. The molecule has 2 heterocycles. The zero-order chi connectivity index (χ0) is 15.5. The monoisotopic (exact) mass is 287 g/mol. The van der Waals surface area contributed by atoms with Crippen molar-refractivity contribution in [2.75, 3.05) is 18.0 Å². The van der Waals surface area contributed by atoms with E-state index in [9.17, 15) is 15.2 Å². The Kier molecular flexibility index (Phi) is 4.46. The van der Waals surface area contributed by atoms with Crippen LogP contribution in [0, 0.1) is 23.7 Å². The van der Waals surface area contributed by atoms with Gasteiger partial charge >= 0.3 is 5.97 Å². The number of pyridine rings is 1. The molecule has 0 bridgehead atoms. The first kappa shape index (κ1) is 15.3. The molecular weight excluding hydrogens is 266 g/mol. The highest BCUT2D eigenvalue weighted by Crippen LogP contribution is 2.38. The summed E-state index contributed by atoms with van der Waals surface area (Å²) in [7, 11) is 0. The zero-order valence-corrected chi connectivity index (χ0v) is 12.6. The van der Waals surface area contributed by atoms with Gasteiger partial charge in [-0.1, -0.05) is 13.3 Å². The van der Waals surface area contributed by atoms with Gasteiger partial charge in [0.15, 0.2) is 0 Å². The third-order valence-corrected chi connectivity index (χ3v) is 4.34. The van der Waals surface area contributed by atoms with E-state index >= 15 is 0 Å². The molecule has 1 N–H and O–H groups in total. The minimum atomic E-state index is -0.693. The molecule has 112 valence electrons. The summed E-state index contributed by atoms with van der Waals surface area (Å²) >= 11 is 0. The Morgan fingerprint density at radius 1 is 1.48 bits per heavy atom. The molecule has 5 heteroatoms. The largest absolute Gasteiger partial charge is 0.481 e. The normalized spacial score (nSPS) is 17.3. The second-order valence-electron chi connectivity index (χ2n) is 5.76. The van der Waals surface area contributed by atoms with Gasteiger partial charge in [-0.25, -0.2) is 4.98 Å². The summed E-state index contributed by atoms with van der Waals surface area (Å²) in [4.78, 5) is 18.1.